The van der Waals surface area contributed by atoms with E-state index in [1.165, 1.54) is 11.3 Å². The summed E-state index contributed by atoms with van der Waals surface area (Å²) in [5.74, 6) is -2.39. The Morgan fingerprint density at radius 1 is 1.09 bits per heavy atom. The fourth-order valence-electron chi connectivity index (χ4n) is 4.37. The van der Waals surface area contributed by atoms with Crippen LogP contribution in [0.25, 0.3) is 11.0 Å². The van der Waals surface area contributed by atoms with Gasteiger partial charge in [-0.3, -0.25) is 24.2 Å². The Balaban J connectivity index is 1.51. The molecule has 0 aliphatic carbocycles. The third-order valence-corrected chi connectivity index (χ3v) is 7.71. The van der Waals surface area contributed by atoms with Crippen LogP contribution in [0, 0.1) is 0 Å². The second-order valence-electron chi connectivity index (χ2n) is 11.5. The van der Waals surface area contributed by atoms with Gasteiger partial charge in [-0.15, -0.1) is 11.3 Å². The normalized spacial score (nSPS) is 12.9. The van der Waals surface area contributed by atoms with Gasteiger partial charge in [-0.05, 0) is 83.9 Å². The summed E-state index contributed by atoms with van der Waals surface area (Å²) in [5, 5.41) is 14.7. The number of carboxylic acids is 1. The van der Waals surface area contributed by atoms with Crippen LogP contribution in [0.2, 0.25) is 0 Å². The number of carbonyl (C=O) groups excluding carboxylic acids is 3. The predicted molar refractivity (Wildman–Crippen MR) is 166 cm³/mol. The molecule has 2 amide bonds. The number of aryl methyl sites for hydroxylation is 2. The van der Waals surface area contributed by atoms with Crippen LogP contribution in [0.1, 0.15) is 79.5 Å². The number of amides is 2. The van der Waals surface area contributed by atoms with E-state index in [2.05, 4.69) is 25.6 Å². The molecule has 0 spiro atoms. The monoisotopic (exact) mass is 631 g/mol. The van der Waals surface area contributed by atoms with E-state index < -0.39 is 35.5 Å². The van der Waals surface area contributed by atoms with Gasteiger partial charge in [0.1, 0.15) is 23.3 Å². The summed E-state index contributed by atoms with van der Waals surface area (Å²) in [6.07, 6.45) is 3.55. The molecule has 0 unspecified atom stereocenters. The number of aromatic amines is 2. The standard InChI is InChI=1S/C29H41N7O7S/c1-29(2,3)43-27(42)20(11-13-22(37)32-14-5-4-9-19(30)26(40)41)34-25(39)21-12-10-17(44-21)8-6-7-16-15-18-23(33-16)35-28(31)36-24(18)38/h10,12,15,19-20H,4-9,11,13-14,30H2,1-3H3,(H,32,37)(H,34,39)(H,40,41)(H4,31,33,35,36,38)/t19-,20-/m0/s1. The summed E-state index contributed by atoms with van der Waals surface area (Å²) >= 11 is 1.31. The van der Waals surface area contributed by atoms with Gasteiger partial charge < -0.3 is 36.9 Å². The van der Waals surface area contributed by atoms with Crippen molar-refractivity contribution in [2.24, 2.45) is 5.73 Å². The van der Waals surface area contributed by atoms with Crippen LogP contribution in [-0.2, 0) is 32.0 Å². The van der Waals surface area contributed by atoms with Crippen LogP contribution in [0.5, 0.6) is 0 Å². The fourth-order valence-corrected chi connectivity index (χ4v) is 5.32. The number of unbranched alkanes of at least 4 members (excludes halogenated alkanes) is 1. The highest BCUT2D eigenvalue weighted by molar-refractivity contribution is 7.14. The van der Waals surface area contributed by atoms with Crippen molar-refractivity contribution in [3.63, 3.8) is 0 Å². The molecule has 3 aromatic heterocycles. The smallest absolute Gasteiger partial charge is 0.329 e. The number of nitrogens with two attached hydrogens (primary N) is 2. The Labute approximate surface area is 258 Å². The number of rotatable bonds is 16. The number of nitrogen functional groups attached to an aromatic ring is 1. The van der Waals surface area contributed by atoms with Gasteiger partial charge in [-0.25, -0.2) is 4.79 Å². The third-order valence-electron chi connectivity index (χ3n) is 6.56. The van der Waals surface area contributed by atoms with Gasteiger partial charge in [0, 0.05) is 23.5 Å². The molecule has 0 saturated heterocycles. The number of hydrogen-bond acceptors (Lipinski definition) is 10. The summed E-state index contributed by atoms with van der Waals surface area (Å²) in [5.41, 5.74) is 11.3. The van der Waals surface area contributed by atoms with Gasteiger partial charge in [0.25, 0.3) is 11.5 Å². The minimum Gasteiger partial charge on any atom is -0.480 e. The molecule has 0 bridgehead atoms. The van der Waals surface area contributed by atoms with Crippen molar-refractivity contribution in [1.82, 2.24) is 25.6 Å². The van der Waals surface area contributed by atoms with E-state index in [1.807, 2.05) is 6.07 Å². The first-order valence-electron chi connectivity index (χ1n) is 14.5. The number of nitrogens with zero attached hydrogens (tertiary/aromatic N) is 1. The number of nitrogens with one attached hydrogen (secondary N) is 4. The Morgan fingerprint density at radius 2 is 1.84 bits per heavy atom. The number of anilines is 1. The van der Waals surface area contributed by atoms with E-state index in [4.69, 9.17) is 21.3 Å². The highest BCUT2D eigenvalue weighted by atomic mass is 32.1. The SMILES string of the molecule is CC(C)(C)OC(=O)[C@H](CCC(=O)NCCCC[C@H](N)C(=O)O)NC(=O)c1ccc(CCCc2cc3c(=O)[nH]c(N)nc3[nH]2)s1. The molecule has 0 fully saturated rings. The number of esters is 1. The van der Waals surface area contributed by atoms with E-state index >= 15 is 0 Å². The van der Waals surface area contributed by atoms with Crippen LogP contribution >= 0.6 is 11.3 Å². The van der Waals surface area contributed by atoms with Crippen LogP contribution in [0.15, 0.2) is 23.0 Å². The number of H-pyrrole nitrogens is 2. The molecule has 3 rings (SSSR count). The molecule has 0 radical (unpaired) electrons. The van der Waals surface area contributed by atoms with Gasteiger partial charge in [-0.2, -0.15) is 4.98 Å². The van der Waals surface area contributed by atoms with Crippen LogP contribution in [0.3, 0.4) is 0 Å². The van der Waals surface area contributed by atoms with Crippen molar-refractivity contribution in [1.29, 1.82) is 0 Å². The first-order valence-corrected chi connectivity index (χ1v) is 15.3. The van der Waals surface area contributed by atoms with Crippen molar-refractivity contribution in [2.45, 2.75) is 89.8 Å². The number of fused-ring (bicyclic) bond motifs is 1. The summed E-state index contributed by atoms with van der Waals surface area (Å²) < 4.78 is 5.48. The molecule has 0 aliphatic rings. The van der Waals surface area contributed by atoms with Gasteiger partial charge >= 0.3 is 11.9 Å². The zero-order valence-corrected chi connectivity index (χ0v) is 26.0. The lowest BCUT2D eigenvalue weighted by Crippen LogP contribution is -2.44. The lowest BCUT2D eigenvalue weighted by atomic mass is 10.1. The number of ether oxygens (including phenoxy) is 1. The zero-order chi connectivity index (χ0) is 32.4. The molecular formula is C29H41N7O7S. The van der Waals surface area contributed by atoms with Crippen LogP contribution < -0.4 is 27.7 Å². The predicted octanol–water partition coefficient (Wildman–Crippen LogP) is 1.99. The van der Waals surface area contributed by atoms with Gasteiger partial charge in [0.05, 0.1) is 10.3 Å². The van der Waals surface area contributed by atoms with Crippen molar-refractivity contribution in [2.75, 3.05) is 12.3 Å². The minimum atomic E-state index is -1.06. The lowest BCUT2D eigenvalue weighted by molar-refractivity contribution is -0.157. The Hall–Kier alpha value is -4.24. The van der Waals surface area contributed by atoms with Gasteiger partial charge in [-0.1, -0.05) is 0 Å². The van der Waals surface area contributed by atoms with Crippen LogP contribution in [0.4, 0.5) is 5.95 Å². The zero-order valence-electron chi connectivity index (χ0n) is 25.2. The maximum absolute atomic E-state index is 13.1. The van der Waals surface area contributed by atoms with Crippen LogP contribution in [-0.4, -0.2) is 68.0 Å². The molecule has 14 nitrogen and oxygen atoms in total. The molecule has 9 N–H and O–H groups in total. The molecule has 0 aromatic carbocycles. The number of thiophene rings is 1. The van der Waals surface area contributed by atoms with Gasteiger partial charge in [0.15, 0.2) is 0 Å². The van der Waals surface area contributed by atoms with Gasteiger partial charge in [0.2, 0.25) is 11.9 Å². The topological polar surface area (TPSA) is 235 Å². The van der Waals surface area contributed by atoms with E-state index in [-0.39, 0.29) is 30.3 Å². The summed E-state index contributed by atoms with van der Waals surface area (Å²) in [6, 6.07) is 3.35. The highest BCUT2D eigenvalue weighted by Gasteiger charge is 2.28. The molecule has 44 heavy (non-hydrogen) atoms. The van der Waals surface area contributed by atoms with Crippen molar-refractivity contribution in [3.8, 4) is 0 Å². The molecule has 3 aromatic rings. The Kier molecular flexibility index (Phi) is 12.0. The van der Waals surface area contributed by atoms with Crippen molar-refractivity contribution < 1.29 is 29.0 Å². The minimum absolute atomic E-state index is 0.0176. The quantitative estimate of drug-likeness (QED) is 0.0896. The Morgan fingerprint density at radius 3 is 2.55 bits per heavy atom. The first-order chi connectivity index (χ1) is 20.7. The van der Waals surface area contributed by atoms with E-state index in [0.717, 1.165) is 17.0 Å². The van der Waals surface area contributed by atoms with Crippen molar-refractivity contribution in [3.05, 3.63) is 44.0 Å². The molecule has 2 atom stereocenters. The number of aliphatic carboxylic acids is 1. The molecule has 15 heteroatoms. The number of aromatic nitrogens is 3. The van der Waals surface area contributed by atoms with E-state index in [0.29, 0.717) is 54.6 Å². The largest absolute Gasteiger partial charge is 0.480 e. The average Bonchev–Trinajstić information content (AvgIpc) is 3.57. The fraction of sp³-hybridized carbons (Fsp3) is 0.517. The summed E-state index contributed by atoms with van der Waals surface area (Å²) in [6.45, 7) is 5.51. The summed E-state index contributed by atoms with van der Waals surface area (Å²) in [4.78, 5) is 72.2. The average molecular weight is 632 g/mol. The second kappa shape index (κ2) is 15.5. The number of hydrogen-bond donors (Lipinski definition) is 7. The third kappa shape index (κ3) is 10.8. The first kappa shape index (κ1) is 34.3. The maximum Gasteiger partial charge on any atom is 0.329 e. The molecule has 0 aliphatic heterocycles. The molecular weight excluding hydrogens is 590 g/mol. The summed E-state index contributed by atoms with van der Waals surface area (Å²) in [7, 11) is 0. The lowest BCUT2D eigenvalue weighted by Gasteiger charge is -2.24. The maximum atomic E-state index is 13.1. The molecule has 240 valence electrons. The number of carboxylic acid groups (broad SMARTS) is 1. The van der Waals surface area contributed by atoms with E-state index in [9.17, 15) is 24.0 Å². The number of carbonyl (C=O) groups is 4. The van der Waals surface area contributed by atoms with Crippen molar-refractivity contribution >= 4 is 52.1 Å². The second-order valence-corrected chi connectivity index (χ2v) is 12.7. The molecule has 0 saturated carbocycles. The van der Waals surface area contributed by atoms with E-state index in [1.54, 1.807) is 32.9 Å². The molecule has 3 heterocycles. The Bertz CT molecular complexity index is 1520. The highest BCUT2D eigenvalue weighted by Crippen LogP contribution is 2.20.